The first kappa shape index (κ1) is 25.5. The maximum absolute atomic E-state index is 12.4. The number of fused-ring (bicyclic) bond motifs is 1. The van der Waals surface area contributed by atoms with Crippen LogP contribution in [0.3, 0.4) is 0 Å². The van der Waals surface area contributed by atoms with Crippen molar-refractivity contribution in [3.05, 3.63) is 34.3 Å². The van der Waals surface area contributed by atoms with Gasteiger partial charge in [0.1, 0.15) is 11.6 Å². The van der Waals surface area contributed by atoms with Crippen molar-refractivity contribution >= 4 is 29.0 Å². The van der Waals surface area contributed by atoms with E-state index in [0.29, 0.717) is 37.3 Å². The summed E-state index contributed by atoms with van der Waals surface area (Å²) in [5.74, 6) is -1.43. The minimum atomic E-state index is -0.750. The molecule has 1 aliphatic heterocycles. The molecule has 0 aliphatic carbocycles. The van der Waals surface area contributed by atoms with Gasteiger partial charge in [-0.2, -0.15) is 0 Å². The van der Waals surface area contributed by atoms with Crippen molar-refractivity contribution in [3.8, 4) is 0 Å². The van der Waals surface area contributed by atoms with Crippen LogP contribution < -0.4 is 11.1 Å². The molecule has 0 bridgehead atoms. The number of nitrogens with zero attached hydrogens (tertiary/aromatic N) is 2. The minimum Gasteiger partial charge on any atom is -0.444 e. The molecule has 1 saturated heterocycles. The molecule has 1 unspecified atom stereocenters. The Labute approximate surface area is 198 Å². The zero-order chi connectivity index (χ0) is 24.9. The number of rotatable bonds is 9. The Morgan fingerprint density at radius 2 is 1.94 bits per heavy atom. The molecular formula is C24H33N3O7. The molecule has 3 rings (SSSR count). The molecule has 0 radical (unpaired) electrons. The third kappa shape index (κ3) is 6.69. The van der Waals surface area contributed by atoms with Crippen LogP contribution >= 0.6 is 0 Å². The Balaban J connectivity index is 1.43. The number of hydrogen-bond donors (Lipinski definition) is 1. The Morgan fingerprint density at radius 1 is 1.21 bits per heavy atom. The van der Waals surface area contributed by atoms with E-state index in [1.807, 2.05) is 26.8 Å². The van der Waals surface area contributed by atoms with Gasteiger partial charge in [0.05, 0.1) is 5.52 Å². The molecule has 34 heavy (non-hydrogen) atoms. The van der Waals surface area contributed by atoms with Crippen LogP contribution in [0.5, 0.6) is 0 Å². The van der Waals surface area contributed by atoms with E-state index in [4.69, 9.17) is 13.9 Å². The molecule has 186 valence electrons. The molecule has 2 aromatic rings. The molecule has 2 heterocycles. The van der Waals surface area contributed by atoms with Gasteiger partial charge >= 0.3 is 11.8 Å². The second-order valence-electron chi connectivity index (χ2n) is 9.48. The number of benzene rings is 1. The largest absolute Gasteiger partial charge is 0.444 e. The van der Waals surface area contributed by atoms with Crippen molar-refractivity contribution in [1.29, 1.82) is 0 Å². The van der Waals surface area contributed by atoms with Gasteiger partial charge < -0.3 is 18.8 Å². The molecule has 10 heteroatoms. The Kier molecular flexibility index (Phi) is 8.14. The Hall–Kier alpha value is -3.14. The molecular weight excluding hydrogens is 442 g/mol. The van der Waals surface area contributed by atoms with Crippen molar-refractivity contribution in [3.63, 3.8) is 0 Å². The lowest BCUT2D eigenvalue weighted by Crippen LogP contribution is -2.43. The number of aromatic nitrogens is 1. The normalized spacial score (nSPS) is 16.5. The molecule has 1 aromatic carbocycles. The summed E-state index contributed by atoms with van der Waals surface area (Å²) < 4.78 is 17.7. The molecule has 1 N–H and O–H groups in total. The summed E-state index contributed by atoms with van der Waals surface area (Å²) in [6.45, 7) is 7.16. The predicted octanol–water partition coefficient (Wildman–Crippen LogP) is 2.78. The van der Waals surface area contributed by atoms with E-state index >= 15 is 0 Å². The van der Waals surface area contributed by atoms with Gasteiger partial charge in [-0.15, -0.1) is 0 Å². The quantitative estimate of drug-likeness (QED) is 0.437. The van der Waals surface area contributed by atoms with Crippen molar-refractivity contribution in [2.45, 2.75) is 64.5 Å². The highest BCUT2D eigenvalue weighted by Gasteiger charge is 2.31. The van der Waals surface area contributed by atoms with Crippen molar-refractivity contribution < 1.29 is 28.3 Å². The highest BCUT2D eigenvalue weighted by Crippen LogP contribution is 2.24. The first-order chi connectivity index (χ1) is 16.0. The number of piperidine rings is 1. The van der Waals surface area contributed by atoms with Crippen LogP contribution in [-0.4, -0.2) is 59.8 Å². The van der Waals surface area contributed by atoms with Gasteiger partial charge in [0.15, 0.2) is 5.58 Å². The van der Waals surface area contributed by atoms with E-state index in [1.165, 1.54) is 4.57 Å². The maximum Gasteiger partial charge on any atom is 0.420 e. The van der Waals surface area contributed by atoms with E-state index in [9.17, 15) is 19.2 Å². The Morgan fingerprint density at radius 3 is 2.65 bits per heavy atom. The molecule has 1 atom stereocenters. The van der Waals surface area contributed by atoms with Crippen LogP contribution in [0.2, 0.25) is 0 Å². The van der Waals surface area contributed by atoms with Crippen molar-refractivity contribution in [2.24, 2.45) is 0 Å². The molecule has 1 aliphatic rings. The van der Waals surface area contributed by atoms with Crippen LogP contribution in [0.4, 0.5) is 4.79 Å². The van der Waals surface area contributed by atoms with Crippen LogP contribution in [0.25, 0.3) is 11.1 Å². The number of carbonyl (C=O) groups excluding carboxylic acids is 3. The monoisotopic (exact) mass is 475 g/mol. The number of hydrogen-bond acceptors (Lipinski definition) is 7. The summed E-state index contributed by atoms with van der Waals surface area (Å²) in [4.78, 5) is 49.4. The lowest BCUT2D eigenvalue weighted by molar-refractivity contribution is -0.135. The third-order valence-electron chi connectivity index (χ3n) is 5.44. The predicted molar refractivity (Wildman–Crippen MR) is 125 cm³/mol. The maximum atomic E-state index is 12.4. The van der Waals surface area contributed by atoms with Gasteiger partial charge in [0, 0.05) is 33.2 Å². The van der Waals surface area contributed by atoms with Crippen molar-refractivity contribution in [1.82, 2.24) is 14.8 Å². The van der Waals surface area contributed by atoms with Crippen molar-refractivity contribution in [2.75, 3.05) is 26.8 Å². The lowest BCUT2D eigenvalue weighted by Gasteiger charge is -2.24. The highest BCUT2D eigenvalue weighted by atomic mass is 16.6. The fraction of sp³-hybridized carbons (Fsp3) is 0.583. The van der Waals surface area contributed by atoms with Crippen LogP contribution in [0.15, 0.2) is 27.4 Å². The fourth-order valence-electron chi connectivity index (χ4n) is 3.78. The van der Waals surface area contributed by atoms with E-state index in [-0.39, 0.29) is 24.8 Å². The topological polar surface area (TPSA) is 120 Å². The Bertz CT molecular complexity index is 1100. The lowest BCUT2D eigenvalue weighted by atomic mass is 10.1. The number of nitrogens with one attached hydrogen (secondary N) is 1. The number of imide groups is 1. The van der Waals surface area contributed by atoms with E-state index in [0.717, 1.165) is 18.4 Å². The summed E-state index contributed by atoms with van der Waals surface area (Å²) in [5, 5.41) is 2.27. The second-order valence-corrected chi connectivity index (χ2v) is 9.48. The summed E-state index contributed by atoms with van der Waals surface area (Å²) in [6, 6.07) is 4.72. The second kappa shape index (κ2) is 10.9. The van der Waals surface area contributed by atoms with Gasteiger partial charge in [0.2, 0.25) is 11.8 Å². The number of amides is 3. The first-order valence-electron chi connectivity index (χ1n) is 11.5. The van der Waals surface area contributed by atoms with Crippen LogP contribution in [0.1, 0.15) is 58.1 Å². The summed E-state index contributed by atoms with van der Waals surface area (Å²) in [7, 11) is 1.70. The third-order valence-corrected chi connectivity index (χ3v) is 5.44. The van der Waals surface area contributed by atoms with Gasteiger partial charge in [-0.05, 0) is 64.2 Å². The SMILES string of the molecule is CN(CCCOCCCc1ccc2c(c1)oc(=O)n2C1CCC(=O)NC1=O)C(=O)OC(C)(C)C. The number of oxazole rings is 1. The zero-order valence-electron chi connectivity index (χ0n) is 20.2. The smallest absolute Gasteiger partial charge is 0.420 e. The summed E-state index contributed by atoms with van der Waals surface area (Å²) in [6.07, 6.45) is 2.34. The number of carbonyl (C=O) groups is 3. The van der Waals surface area contributed by atoms with Crippen LogP contribution in [-0.2, 0) is 25.5 Å². The first-order valence-corrected chi connectivity index (χ1v) is 11.5. The standard InChI is InChI=1S/C24H33N3O7/c1-24(2,3)34-22(30)26(4)12-6-14-32-13-5-7-16-8-9-17-19(15-16)33-23(31)27(17)18-10-11-20(28)25-21(18)29/h8-9,15,18H,5-7,10-14H2,1-4H3,(H,25,28,29). The molecule has 3 amide bonds. The zero-order valence-corrected chi connectivity index (χ0v) is 20.2. The summed E-state index contributed by atoms with van der Waals surface area (Å²) >= 11 is 0. The van der Waals surface area contributed by atoms with E-state index < -0.39 is 23.3 Å². The molecule has 10 nitrogen and oxygen atoms in total. The van der Waals surface area contributed by atoms with Gasteiger partial charge in [-0.1, -0.05) is 6.07 Å². The number of aryl methyl sites for hydroxylation is 1. The highest BCUT2D eigenvalue weighted by molar-refractivity contribution is 6.00. The van der Waals surface area contributed by atoms with Gasteiger partial charge in [0.25, 0.3) is 0 Å². The van der Waals surface area contributed by atoms with E-state index in [2.05, 4.69) is 5.32 Å². The molecule has 0 spiro atoms. The van der Waals surface area contributed by atoms with Gasteiger partial charge in [-0.25, -0.2) is 9.59 Å². The average Bonchev–Trinajstić information content (AvgIpc) is 3.06. The van der Waals surface area contributed by atoms with E-state index in [1.54, 1.807) is 24.1 Å². The number of ether oxygens (including phenoxy) is 2. The van der Waals surface area contributed by atoms with Crippen LogP contribution in [0, 0.1) is 0 Å². The minimum absolute atomic E-state index is 0.185. The van der Waals surface area contributed by atoms with Gasteiger partial charge in [-0.3, -0.25) is 19.5 Å². The summed E-state index contributed by atoms with van der Waals surface area (Å²) in [5.41, 5.74) is 1.43. The molecule has 0 saturated carbocycles. The molecule has 1 aromatic heterocycles. The molecule has 1 fully saturated rings. The average molecular weight is 476 g/mol. The fourth-order valence-corrected chi connectivity index (χ4v) is 3.78.